The summed E-state index contributed by atoms with van der Waals surface area (Å²) in [7, 11) is 0. The highest BCUT2D eigenvalue weighted by atomic mass is 15.2. The van der Waals surface area contributed by atoms with Crippen molar-refractivity contribution in [2.45, 2.75) is 52.1 Å². The van der Waals surface area contributed by atoms with Crippen LogP contribution in [0.3, 0.4) is 0 Å². The molecule has 2 heteroatoms. The van der Waals surface area contributed by atoms with Crippen LogP contribution in [0.4, 0.5) is 0 Å². The van der Waals surface area contributed by atoms with Gasteiger partial charge in [0.25, 0.3) is 0 Å². The summed E-state index contributed by atoms with van der Waals surface area (Å²) < 4.78 is 0. The van der Waals surface area contributed by atoms with Gasteiger partial charge in [0.1, 0.15) is 0 Å². The summed E-state index contributed by atoms with van der Waals surface area (Å²) in [5.41, 5.74) is 5.82. The molecule has 1 unspecified atom stereocenters. The number of rotatable bonds is 6. The lowest BCUT2D eigenvalue weighted by Crippen LogP contribution is -2.38. The van der Waals surface area contributed by atoms with E-state index in [1.165, 1.54) is 25.8 Å². The molecule has 0 aromatic rings. The number of nitrogens with two attached hydrogens (primary N) is 1. The van der Waals surface area contributed by atoms with Crippen LogP contribution in [0.25, 0.3) is 0 Å². The maximum absolute atomic E-state index is 5.82. The Labute approximate surface area is 82.5 Å². The zero-order chi connectivity index (χ0) is 9.84. The Morgan fingerprint density at radius 2 is 1.92 bits per heavy atom. The van der Waals surface area contributed by atoms with E-state index in [0.29, 0.717) is 6.04 Å². The van der Waals surface area contributed by atoms with E-state index in [-0.39, 0.29) is 0 Å². The first-order valence-corrected chi connectivity index (χ1v) is 5.59. The van der Waals surface area contributed by atoms with E-state index in [2.05, 4.69) is 25.7 Å². The smallest absolute Gasteiger partial charge is 0.0139 e. The minimum absolute atomic E-state index is 0.327. The zero-order valence-corrected chi connectivity index (χ0v) is 9.29. The Morgan fingerprint density at radius 1 is 1.31 bits per heavy atom. The van der Waals surface area contributed by atoms with Crippen molar-refractivity contribution in [2.75, 3.05) is 13.1 Å². The van der Waals surface area contributed by atoms with Crippen molar-refractivity contribution < 1.29 is 0 Å². The molecule has 1 fully saturated rings. The van der Waals surface area contributed by atoms with Crippen LogP contribution < -0.4 is 5.73 Å². The van der Waals surface area contributed by atoms with Crippen molar-refractivity contribution in [1.82, 2.24) is 4.90 Å². The average molecular weight is 184 g/mol. The molecule has 2 N–H and O–H groups in total. The Balaban J connectivity index is 2.21. The van der Waals surface area contributed by atoms with Crippen LogP contribution in [0, 0.1) is 5.92 Å². The van der Waals surface area contributed by atoms with E-state index in [0.717, 1.165) is 18.5 Å². The second-order valence-corrected chi connectivity index (χ2v) is 4.89. The van der Waals surface area contributed by atoms with Crippen molar-refractivity contribution in [1.29, 1.82) is 0 Å². The van der Waals surface area contributed by atoms with E-state index < -0.39 is 0 Å². The minimum Gasteiger partial charge on any atom is -0.327 e. The fraction of sp³-hybridized carbons (Fsp3) is 1.00. The topological polar surface area (TPSA) is 29.3 Å². The number of hydrogen-bond donors (Lipinski definition) is 1. The molecule has 1 aliphatic rings. The van der Waals surface area contributed by atoms with Crippen LogP contribution in [-0.2, 0) is 0 Å². The fourth-order valence-corrected chi connectivity index (χ4v) is 1.66. The molecule has 0 bridgehead atoms. The Bertz CT molecular complexity index is 139. The van der Waals surface area contributed by atoms with Crippen LogP contribution in [0.1, 0.15) is 40.0 Å². The Hall–Kier alpha value is -0.0800. The molecule has 0 saturated heterocycles. The van der Waals surface area contributed by atoms with Gasteiger partial charge in [-0.3, -0.25) is 4.90 Å². The maximum atomic E-state index is 5.82. The van der Waals surface area contributed by atoms with E-state index in [1.54, 1.807) is 0 Å². The van der Waals surface area contributed by atoms with Crippen molar-refractivity contribution in [3.05, 3.63) is 0 Å². The molecule has 0 spiro atoms. The summed E-state index contributed by atoms with van der Waals surface area (Å²) in [6.45, 7) is 9.00. The molecule has 1 rings (SSSR count). The van der Waals surface area contributed by atoms with Gasteiger partial charge < -0.3 is 5.73 Å². The molecule has 0 aromatic heterocycles. The van der Waals surface area contributed by atoms with Crippen LogP contribution in [0.15, 0.2) is 0 Å². The summed E-state index contributed by atoms with van der Waals surface area (Å²) in [5, 5.41) is 0. The Morgan fingerprint density at radius 3 is 2.31 bits per heavy atom. The molecule has 13 heavy (non-hydrogen) atoms. The van der Waals surface area contributed by atoms with Crippen molar-refractivity contribution >= 4 is 0 Å². The summed E-state index contributed by atoms with van der Waals surface area (Å²) in [6, 6.07) is 1.19. The van der Waals surface area contributed by atoms with E-state index in [9.17, 15) is 0 Å². The van der Waals surface area contributed by atoms with Crippen molar-refractivity contribution in [2.24, 2.45) is 11.7 Å². The normalized spacial score (nSPS) is 19.8. The lowest BCUT2D eigenvalue weighted by Gasteiger charge is -2.24. The molecule has 2 nitrogen and oxygen atoms in total. The third-order valence-corrected chi connectivity index (χ3v) is 2.58. The van der Waals surface area contributed by atoms with E-state index in [4.69, 9.17) is 5.73 Å². The quantitative estimate of drug-likeness (QED) is 0.682. The van der Waals surface area contributed by atoms with Gasteiger partial charge in [-0.15, -0.1) is 0 Å². The molecule has 1 saturated carbocycles. The molecule has 0 radical (unpaired) electrons. The lowest BCUT2D eigenvalue weighted by atomic mass is 10.1. The van der Waals surface area contributed by atoms with Gasteiger partial charge >= 0.3 is 0 Å². The highest BCUT2D eigenvalue weighted by Gasteiger charge is 2.28. The van der Waals surface area contributed by atoms with Gasteiger partial charge in [-0.05, 0) is 38.6 Å². The SMILES string of the molecule is CC(C)CCN(CC(C)N)C1CC1. The van der Waals surface area contributed by atoms with Gasteiger partial charge in [0, 0.05) is 18.6 Å². The minimum atomic E-state index is 0.327. The third kappa shape index (κ3) is 4.63. The van der Waals surface area contributed by atoms with Gasteiger partial charge in [-0.25, -0.2) is 0 Å². The van der Waals surface area contributed by atoms with Crippen molar-refractivity contribution in [3.8, 4) is 0 Å². The lowest BCUT2D eigenvalue weighted by molar-refractivity contribution is 0.237. The molecule has 1 aliphatic carbocycles. The highest BCUT2D eigenvalue weighted by Crippen LogP contribution is 2.27. The molecular formula is C11H24N2. The predicted octanol–water partition coefficient (Wildman–Crippen LogP) is 1.84. The number of nitrogens with zero attached hydrogens (tertiary/aromatic N) is 1. The van der Waals surface area contributed by atoms with E-state index >= 15 is 0 Å². The molecule has 0 aromatic carbocycles. The Kier molecular flexibility index (Phi) is 4.20. The summed E-state index contributed by atoms with van der Waals surface area (Å²) in [5.74, 6) is 0.814. The van der Waals surface area contributed by atoms with Gasteiger partial charge in [-0.2, -0.15) is 0 Å². The summed E-state index contributed by atoms with van der Waals surface area (Å²) in [6.07, 6.45) is 4.10. The standard InChI is InChI=1S/C11H24N2/c1-9(2)6-7-13(8-10(3)12)11-4-5-11/h9-11H,4-8,12H2,1-3H3. The average Bonchev–Trinajstić information content (AvgIpc) is 2.78. The fourth-order valence-electron chi connectivity index (χ4n) is 1.66. The largest absolute Gasteiger partial charge is 0.327 e. The summed E-state index contributed by atoms with van der Waals surface area (Å²) >= 11 is 0. The summed E-state index contributed by atoms with van der Waals surface area (Å²) in [4.78, 5) is 2.57. The molecule has 0 heterocycles. The predicted molar refractivity (Wildman–Crippen MR) is 57.7 cm³/mol. The molecule has 1 atom stereocenters. The van der Waals surface area contributed by atoms with E-state index in [1.807, 2.05) is 0 Å². The van der Waals surface area contributed by atoms with Crippen LogP contribution >= 0.6 is 0 Å². The van der Waals surface area contributed by atoms with Crippen LogP contribution in [0.2, 0.25) is 0 Å². The molecular weight excluding hydrogens is 160 g/mol. The molecule has 0 aliphatic heterocycles. The first-order chi connectivity index (χ1) is 6.09. The second kappa shape index (κ2) is 4.97. The van der Waals surface area contributed by atoms with Gasteiger partial charge in [-0.1, -0.05) is 13.8 Å². The molecule has 0 amide bonds. The first-order valence-electron chi connectivity index (χ1n) is 5.59. The highest BCUT2D eigenvalue weighted by molar-refractivity contribution is 4.85. The van der Waals surface area contributed by atoms with Crippen LogP contribution in [0.5, 0.6) is 0 Å². The number of hydrogen-bond acceptors (Lipinski definition) is 2. The van der Waals surface area contributed by atoms with Gasteiger partial charge in [0.2, 0.25) is 0 Å². The second-order valence-electron chi connectivity index (χ2n) is 4.89. The third-order valence-electron chi connectivity index (χ3n) is 2.58. The zero-order valence-electron chi connectivity index (χ0n) is 9.29. The maximum Gasteiger partial charge on any atom is 0.0139 e. The monoisotopic (exact) mass is 184 g/mol. The van der Waals surface area contributed by atoms with Gasteiger partial charge in [0.15, 0.2) is 0 Å². The first kappa shape index (κ1) is 11.0. The molecule has 78 valence electrons. The van der Waals surface area contributed by atoms with Gasteiger partial charge in [0.05, 0.1) is 0 Å². The van der Waals surface area contributed by atoms with Crippen molar-refractivity contribution in [3.63, 3.8) is 0 Å². The van der Waals surface area contributed by atoms with Crippen LogP contribution in [-0.4, -0.2) is 30.1 Å².